The molecule has 10 nitrogen and oxygen atoms in total. The van der Waals surface area contributed by atoms with Crippen LogP contribution in [0.2, 0.25) is 15.1 Å². The third-order valence-corrected chi connectivity index (χ3v) is 9.92. The van der Waals surface area contributed by atoms with Crippen molar-refractivity contribution < 1.29 is 32.7 Å². The van der Waals surface area contributed by atoms with Crippen molar-refractivity contribution in [3.05, 3.63) is 38.8 Å². The van der Waals surface area contributed by atoms with Crippen LogP contribution in [0, 0.1) is 5.41 Å². The fourth-order valence-corrected chi connectivity index (χ4v) is 7.95. The monoisotopic (exact) mass is 595 g/mol. The summed E-state index contributed by atoms with van der Waals surface area (Å²) in [5, 5.41) is 10.5. The molecule has 1 aromatic rings. The largest absolute Gasteiger partial charge is 0.444 e. The summed E-state index contributed by atoms with van der Waals surface area (Å²) in [4.78, 5) is 26.6. The summed E-state index contributed by atoms with van der Waals surface area (Å²) in [6, 6.07) is 3.16. The van der Waals surface area contributed by atoms with Gasteiger partial charge in [-0.3, -0.25) is 10.0 Å². The average Bonchev–Trinajstić information content (AvgIpc) is 3.36. The van der Waals surface area contributed by atoms with Gasteiger partial charge in [-0.2, -0.15) is 4.31 Å². The number of carbonyl (C=O) groups excluding carboxylic acids is 2. The van der Waals surface area contributed by atoms with Crippen LogP contribution >= 0.6 is 34.8 Å². The Kier molecular flexibility index (Phi) is 8.94. The van der Waals surface area contributed by atoms with Gasteiger partial charge in [-0.1, -0.05) is 40.9 Å². The first-order valence-electron chi connectivity index (χ1n) is 11.8. The molecule has 2 amide bonds. The molecule has 14 heteroatoms. The van der Waals surface area contributed by atoms with Gasteiger partial charge in [-0.25, -0.2) is 18.7 Å². The van der Waals surface area contributed by atoms with Crippen LogP contribution in [0.5, 0.6) is 0 Å². The van der Waals surface area contributed by atoms with Gasteiger partial charge in [0, 0.05) is 43.2 Å². The topological polar surface area (TPSA) is 125 Å². The summed E-state index contributed by atoms with van der Waals surface area (Å²) < 4.78 is 38.7. The highest BCUT2D eigenvalue weighted by atomic mass is 35.5. The van der Waals surface area contributed by atoms with Crippen LogP contribution in [0.1, 0.15) is 31.2 Å². The number of nitrogens with zero attached hydrogens (tertiary/aromatic N) is 2. The quantitative estimate of drug-likeness (QED) is 0.380. The molecular formula is C23H28Cl3N3O7S. The summed E-state index contributed by atoms with van der Waals surface area (Å²) in [5.41, 5.74) is 1.65. The van der Waals surface area contributed by atoms with Crippen LogP contribution in [0.25, 0.3) is 5.57 Å². The van der Waals surface area contributed by atoms with Crippen molar-refractivity contribution in [1.29, 1.82) is 0 Å². The Morgan fingerprint density at radius 2 is 1.84 bits per heavy atom. The van der Waals surface area contributed by atoms with Gasteiger partial charge in [0.25, 0.3) is 5.91 Å². The van der Waals surface area contributed by atoms with Crippen molar-refractivity contribution in [2.45, 2.75) is 31.8 Å². The number of carbonyl (C=O) groups is 2. The lowest BCUT2D eigenvalue weighted by atomic mass is 9.79. The van der Waals surface area contributed by atoms with Crippen molar-refractivity contribution in [2.75, 3.05) is 45.1 Å². The standard InChI is InChI=1S/C23H28Cl3N3O7S/c24-16-11-18(25)20(19(26)12-16)15-1-6-29(7-2-15)37(33,34)14-23(21(30)27-32)4-8-28(9-5-23)22(31)36-17-3-10-35-13-17/h1,11-12,17,32H,2-10,13-14H2,(H,27,30). The van der Waals surface area contributed by atoms with Crippen LogP contribution < -0.4 is 5.48 Å². The lowest BCUT2D eigenvalue weighted by Gasteiger charge is -2.40. The second-order valence-electron chi connectivity index (χ2n) is 9.42. The predicted octanol–water partition coefficient (Wildman–Crippen LogP) is 3.58. The molecule has 3 aliphatic heterocycles. The van der Waals surface area contributed by atoms with E-state index < -0.39 is 33.2 Å². The number of hydrogen-bond acceptors (Lipinski definition) is 7. The zero-order valence-electron chi connectivity index (χ0n) is 19.9. The minimum absolute atomic E-state index is 0.0554. The molecule has 1 aromatic carbocycles. The molecule has 0 aromatic heterocycles. The van der Waals surface area contributed by atoms with Gasteiger partial charge in [0.1, 0.15) is 6.10 Å². The highest BCUT2D eigenvalue weighted by Crippen LogP contribution is 2.38. The average molecular weight is 597 g/mol. The molecule has 3 aliphatic rings. The van der Waals surface area contributed by atoms with Crippen molar-refractivity contribution in [2.24, 2.45) is 5.41 Å². The molecule has 2 fully saturated rings. The Morgan fingerprint density at radius 1 is 1.16 bits per heavy atom. The molecule has 0 radical (unpaired) electrons. The summed E-state index contributed by atoms with van der Waals surface area (Å²) in [5.74, 6) is -1.29. The van der Waals surface area contributed by atoms with E-state index in [0.29, 0.717) is 46.7 Å². The minimum Gasteiger partial charge on any atom is -0.444 e. The van der Waals surface area contributed by atoms with Crippen LogP contribution in [0.15, 0.2) is 18.2 Å². The lowest BCUT2D eigenvalue weighted by Crippen LogP contribution is -2.54. The number of ether oxygens (including phenoxy) is 2. The molecule has 1 atom stereocenters. The number of hydroxylamine groups is 1. The molecule has 0 bridgehead atoms. The highest BCUT2D eigenvalue weighted by Gasteiger charge is 2.47. The number of piperidine rings is 1. The van der Waals surface area contributed by atoms with Crippen LogP contribution in [-0.4, -0.2) is 86.1 Å². The maximum absolute atomic E-state index is 13.4. The smallest absolute Gasteiger partial charge is 0.410 e. The molecule has 2 N–H and O–H groups in total. The van der Waals surface area contributed by atoms with Crippen LogP contribution in [-0.2, 0) is 24.3 Å². The number of likely N-dealkylation sites (tertiary alicyclic amines) is 1. The maximum Gasteiger partial charge on any atom is 0.410 e. The zero-order chi connectivity index (χ0) is 26.8. The first-order chi connectivity index (χ1) is 17.5. The van der Waals surface area contributed by atoms with E-state index in [0.717, 1.165) is 5.57 Å². The summed E-state index contributed by atoms with van der Waals surface area (Å²) in [6.45, 7) is 1.35. The number of amides is 2. The lowest BCUT2D eigenvalue weighted by molar-refractivity contribution is -0.141. The van der Waals surface area contributed by atoms with E-state index in [2.05, 4.69) is 0 Å². The normalized spacial score (nSPS) is 22.4. The van der Waals surface area contributed by atoms with E-state index in [4.69, 9.17) is 44.3 Å². The predicted molar refractivity (Wildman–Crippen MR) is 138 cm³/mol. The molecule has 2 saturated heterocycles. The van der Waals surface area contributed by atoms with Crippen molar-refractivity contribution >= 4 is 62.4 Å². The van der Waals surface area contributed by atoms with Gasteiger partial charge < -0.3 is 14.4 Å². The Bertz CT molecular complexity index is 1160. The Morgan fingerprint density at radius 3 is 2.38 bits per heavy atom. The van der Waals surface area contributed by atoms with Gasteiger partial charge in [-0.15, -0.1) is 0 Å². The Labute approximate surface area is 230 Å². The minimum atomic E-state index is -3.91. The molecule has 0 saturated carbocycles. The van der Waals surface area contributed by atoms with Crippen LogP contribution in [0.3, 0.4) is 0 Å². The number of hydrogen-bond donors (Lipinski definition) is 2. The summed E-state index contributed by atoms with van der Waals surface area (Å²) in [7, 11) is -3.91. The number of sulfonamides is 1. The van der Waals surface area contributed by atoms with E-state index in [9.17, 15) is 23.2 Å². The van der Waals surface area contributed by atoms with Gasteiger partial charge >= 0.3 is 6.09 Å². The van der Waals surface area contributed by atoms with Gasteiger partial charge in [0.05, 0.1) is 34.4 Å². The van der Waals surface area contributed by atoms with E-state index in [-0.39, 0.29) is 45.1 Å². The first kappa shape index (κ1) is 28.4. The van der Waals surface area contributed by atoms with Crippen LogP contribution in [0.4, 0.5) is 4.79 Å². The van der Waals surface area contributed by atoms with E-state index in [1.165, 1.54) is 9.21 Å². The molecule has 0 aliphatic carbocycles. The highest BCUT2D eigenvalue weighted by molar-refractivity contribution is 7.89. The fraction of sp³-hybridized carbons (Fsp3) is 0.565. The molecule has 4 rings (SSSR count). The molecule has 204 valence electrons. The van der Waals surface area contributed by atoms with E-state index in [1.54, 1.807) is 23.7 Å². The number of halogens is 3. The second kappa shape index (κ2) is 11.6. The van der Waals surface area contributed by atoms with E-state index in [1.807, 2.05) is 0 Å². The number of benzene rings is 1. The fourth-order valence-electron chi connectivity index (χ4n) is 4.92. The number of nitrogens with one attached hydrogen (secondary N) is 1. The molecule has 3 heterocycles. The van der Waals surface area contributed by atoms with Gasteiger partial charge in [0.15, 0.2) is 0 Å². The SMILES string of the molecule is O=C(OC1CCOC1)N1CCC(CS(=O)(=O)N2CC=C(c3c(Cl)cc(Cl)cc3Cl)CC2)(C(=O)NO)CC1. The van der Waals surface area contributed by atoms with Crippen molar-refractivity contribution in [3.63, 3.8) is 0 Å². The molecular weight excluding hydrogens is 569 g/mol. The first-order valence-corrected chi connectivity index (χ1v) is 14.6. The maximum atomic E-state index is 13.4. The molecule has 37 heavy (non-hydrogen) atoms. The zero-order valence-corrected chi connectivity index (χ0v) is 23.0. The molecule has 1 unspecified atom stereocenters. The summed E-state index contributed by atoms with van der Waals surface area (Å²) in [6.07, 6.45) is 2.01. The van der Waals surface area contributed by atoms with Gasteiger partial charge in [-0.05, 0) is 37.0 Å². The summed E-state index contributed by atoms with van der Waals surface area (Å²) >= 11 is 18.6. The van der Waals surface area contributed by atoms with Crippen molar-refractivity contribution in [1.82, 2.24) is 14.7 Å². The number of rotatable bonds is 6. The van der Waals surface area contributed by atoms with Crippen molar-refractivity contribution in [3.8, 4) is 0 Å². The molecule has 0 spiro atoms. The van der Waals surface area contributed by atoms with E-state index >= 15 is 0 Å². The Balaban J connectivity index is 1.43. The Hall–Kier alpha value is -1.60. The third kappa shape index (κ3) is 6.35. The third-order valence-electron chi connectivity index (χ3n) is 7.07. The van der Waals surface area contributed by atoms with Gasteiger partial charge in [0.2, 0.25) is 10.0 Å². The second-order valence-corrected chi connectivity index (χ2v) is 12.6.